The number of ether oxygens (including phenoxy) is 1. The molecular formula is C12H13FN2O. The zero-order valence-corrected chi connectivity index (χ0v) is 8.96. The predicted molar refractivity (Wildman–Crippen MR) is 61.1 cm³/mol. The van der Waals surface area contributed by atoms with Gasteiger partial charge in [-0.05, 0) is 23.8 Å². The number of nitrogens with one attached hydrogen (secondary N) is 2. The predicted octanol–water partition coefficient (Wildman–Crippen LogP) is 2.77. The Labute approximate surface area is 93.3 Å². The van der Waals surface area contributed by atoms with Crippen LogP contribution in [0.15, 0.2) is 36.7 Å². The number of hydrogen-bond donors (Lipinski definition) is 2. The number of aromatic amines is 1. The molecule has 1 heterocycles. The minimum Gasteiger partial charge on any atom is -0.494 e. The van der Waals surface area contributed by atoms with Gasteiger partial charge in [0.15, 0.2) is 11.6 Å². The smallest absolute Gasteiger partial charge is 0.165 e. The second-order valence-electron chi connectivity index (χ2n) is 3.42. The van der Waals surface area contributed by atoms with Crippen molar-refractivity contribution in [2.24, 2.45) is 0 Å². The average molecular weight is 220 g/mol. The van der Waals surface area contributed by atoms with Gasteiger partial charge in [0, 0.05) is 30.7 Å². The molecule has 4 heteroatoms. The van der Waals surface area contributed by atoms with Crippen molar-refractivity contribution in [3.05, 3.63) is 48.0 Å². The van der Waals surface area contributed by atoms with Gasteiger partial charge in [0.2, 0.25) is 0 Å². The molecule has 2 rings (SSSR count). The summed E-state index contributed by atoms with van der Waals surface area (Å²) >= 11 is 0. The Hall–Kier alpha value is -1.97. The first-order valence-corrected chi connectivity index (χ1v) is 4.98. The number of halogens is 1. The van der Waals surface area contributed by atoms with Crippen LogP contribution < -0.4 is 10.1 Å². The number of hydrogen-bond acceptors (Lipinski definition) is 2. The average Bonchev–Trinajstić information content (AvgIpc) is 2.81. The van der Waals surface area contributed by atoms with E-state index < -0.39 is 0 Å². The second-order valence-corrected chi connectivity index (χ2v) is 3.42. The molecule has 3 nitrogen and oxygen atoms in total. The molecule has 0 radical (unpaired) electrons. The normalized spacial score (nSPS) is 10.1. The summed E-state index contributed by atoms with van der Waals surface area (Å²) in [5.74, 6) is -0.103. The molecule has 0 bridgehead atoms. The maximum absolute atomic E-state index is 13.1. The summed E-state index contributed by atoms with van der Waals surface area (Å²) in [6, 6.07) is 6.69. The standard InChI is InChI=1S/C12H13FN2O/c1-16-12-6-10(2-3-11(12)13)15-8-9-4-5-14-7-9/h2-7,14-15H,8H2,1H3. The van der Waals surface area contributed by atoms with Crippen LogP contribution in [0.2, 0.25) is 0 Å². The van der Waals surface area contributed by atoms with Crippen molar-refractivity contribution >= 4 is 5.69 Å². The Morgan fingerprint density at radius 2 is 2.25 bits per heavy atom. The Morgan fingerprint density at radius 1 is 1.38 bits per heavy atom. The van der Waals surface area contributed by atoms with Crippen molar-refractivity contribution in [3.63, 3.8) is 0 Å². The highest BCUT2D eigenvalue weighted by Gasteiger charge is 2.03. The second kappa shape index (κ2) is 4.70. The number of H-pyrrole nitrogens is 1. The minimum atomic E-state index is -0.352. The van der Waals surface area contributed by atoms with Gasteiger partial charge in [-0.2, -0.15) is 0 Å². The molecule has 0 aliphatic carbocycles. The van der Waals surface area contributed by atoms with E-state index in [-0.39, 0.29) is 11.6 Å². The topological polar surface area (TPSA) is 37.0 Å². The molecule has 0 saturated carbocycles. The van der Waals surface area contributed by atoms with Gasteiger partial charge >= 0.3 is 0 Å². The van der Waals surface area contributed by atoms with E-state index in [4.69, 9.17) is 4.74 Å². The Balaban J connectivity index is 2.04. The lowest BCUT2D eigenvalue weighted by Crippen LogP contribution is -1.99. The molecule has 0 spiro atoms. The fourth-order valence-electron chi connectivity index (χ4n) is 1.44. The van der Waals surface area contributed by atoms with Crippen molar-refractivity contribution in [1.29, 1.82) is 0 Å². The van der Waals surface area contributed by atoms with E-state index in [1.807, 2.05) is 18.5 Å². The van der Waals surface area contributed by atoms with Gasteiger partial charge in [-0.3, -0.25) is 0 Å². The van der Waals surface area contributed by atoms with E-state index in [2.05, 4.69) is 10.3 Å². The lowest BCUT2D eigenvalue weighted by molar-refractivity contribution is 0.387. The molecular weight excluding hydrogens is 207 g/mol. The van der Waals surface area contributed by atoms with Crippen molar-refractivity contribution < 1.29 is 9.13 Å². The van der Waals surface area contributed by atoms with Crippen molar-refractivity contribution in [3.8, 4) is 5.75 Å². The van der Waals surface area contributed by atoms with Crippen LogP contribution in [-0.4, -0.2) is 12.1 Å². The van der Waals surface area contributed by atoms with Gasteiger partial charge in [-0.15, -0.1) is 0 Å². The van der Waals surface area contributed by atoms with E-state index >= 15 is 0 Å². The Morgan fingerprint density at radius 3 is 2.94 bits per heavy atom. The molecule has 0 aliphatic heterocycles. The number of benzene rings is 1. The first kappa shape index (κ1) is 10.5. The highest BCUT2D eigenvalue weighted by Crippen LogP contribution is 2.21. The van der Waals surface area contributed by atoms with Crippen molar-refractivity contribution in [2.75, 3.05) is 12.4 Å². The van der Waals surface area contributed by atoms with E-state index in [0.29, 0.717) is 6.54 Å². The SMILES string of the molecule is COc1cc(NCc2cc[nH]c2)ccc1F. The molecule has 0 fully saturated rings. The van der Waals surface area contributed by atoms with E-state index in [1.54, 1.807) is 12.1 Å². The van der Waals surface area contributed by atoms with Crippen molar-refractivity contribution in [2.45, 2.75) is 6.54 Å². The highest BCUT2D eigenvalue weighted by molar-refractivity contribution is 5.49. The maximum Gasteiger partial charge on any atom is 0.165 e. The molecule has 0 unspecified atom stereocenters. The molecule has 0 amide bonds. The first-order valence-electron chi connectivity index (χ1n) is 4.98. The summed E-state index contributed by atoms with van der Waals surface area (Å²) in [7, 11) is 1.45. The van der Waals surface area contributed by atoms with Gasteiger partial charge < -0.3 is 15.0 Å². The fraction of sp³-hybridized carbons (Fsp3) is 0.167. The van der Waals surface area contributed by atoms with Gasteiger partial charge in [0.05, 0.1) is 7.11 Å². The quantitative estimate of drug-likeness (QED) is 0.831. The zero-order chi connectivity index (χ0) is 11.4. The number of rotatable bonds is 4. The summed E-state index contributed by atoms with van der Waals surface area (Å²) in [5.41, 5.74) is 1.97. The van der Waals surface area contributed by atoms with Gasteiger partial charge in [-0.25, -0.2) is 4.39 Å². The molecule has 1 aromatic carbocycles. The van der Waals surface area contributed by atoms with Crippen LogP contribution in [0, 0.1) is 5.82 Å². The van der Waals surface area contributed by atoms with E-state index in [0.717, 1.165) is 11.3 Å². The Bertz CT molecular complexity index is 454. The third-order valence-electron chi connectivity index (χ3n) is 2.31. The molecule has 0 saturated heterocycles. The van der Waals surface area contributed by atoms with E-state index in [1.165, 1.54) is 13.2 Å². The minimum absolute atomic E-state index is 0.249. The first-order chi connectivity index (χ1) is 7.79. The monoisotopic (exact) mass is 220 g/mol. The largest absolute Gasteiger partial charge is 0.494 e. The highest BCUT2D eigenvalue weighted by atomic mass is 19.1. The third-order valence-corrected chi connectivity index (χ3v) is 2.31. The molecule has 2 aromatic rings. The van der Waals surface area contributed by atoms with Gasteiger partial charge in [0.1, 0.15) is 0 Å². The van der Waals surface area contributed by atoms with Crippen LogP contribution in [0.3, 0.4) is 0 Å². The summed E-state index contributed by atoms with van der Waals surface area (Å²) in [6.07, 6.45) is 3.77. The van der Waals surface area contributed by atoms with Crippen LogP contribution >= 0.6 is 0 Å². The molecule has 16 heavy (non-hydrogen) atoms. The lowest BCUT2D eigenvalue weighted by atomic mass is 10.2. The zero-order valence-electron chi connectivity index (χ0n) is 8.96. The summed E-state index contributed by atoms with van der Waals surface area (Å²) in [6.45, 7) is 0.693. The van der Waals surface area contributed by atoms with Crippen LogP contribution in [0.5, 0.6) is 5.75 Å². The third kappa shape index (κ3) is 2.34. The lowest BCUT2D eigenvalue weighted by Gasteiger charge is -2.07. The summed E-state index contributed by atoms with van der Waals surface area (Å²) in [5, 5.41) is 3.18. The number of methoxy groups -OCH3 is 1. The van der Waals surface area contributed by atoms with Gasteiger partial charge in [0.25, 0.3) is 0 Å². The van der Waals surface area contributed by atoms with Crippen molar-refractivity contribution in [1.82, 2.24) is 4.98 Å². The van der Waals surface area contributed by atoms with Crippen LogP contribution in [0.4, 0.5) is 10.1 Å². The molecule has 2 N–H and O–H groups in total. The molecule has 84 valence electrons. The molecule has 0 aliphatic rings. The molecule has 1 aromatic heterocycles. The maximum atomic E-state index is 13.1. The molecule has 0 atom stereocenters. The summed E-state index contributed by atoms with van der Waals surface area (Å²) in [4.78, 5) is 2.97. The van der Waals surface area contributed by atoms with Crippen LogP contribution in [-0.2, 0) is 6.54 Å². The Kier molecular flexibility index (Phi) is 3.10. The van der Waals surface area contributed by atoms with Gasteiger partial charge in [-0.1, -0.05) is 0 Å². The van der Waals surface area contributed by atoms with E-state index in [9.17, 15) is 4.39 Å². The van der Waals surface area contributed by atoms with Crippen LogP contribution in [0.25, 0.3) is 0 Å². The van der Waals surface area contributed by atoms with Crippen LogP contribution in [0.1, 0.15) is 5.56 Å². The summed E-state index contributed by atoms with van der Waals surface area (Å²) < 4.78 is 18.0. The number of aromatic nitrogens is 1. The number of anilines is 1. The fourth-order valence-corrected chi connectivity index (χ4v) is 1.44.